The molecule has 2 rings (SSSR count). The van der Waals surface area contributed by atoms with Crippen molar-refractivity contribution in [2.75, 3.05) is 13.1 Å². The smallest absolute Gasteiger partial charge is 0.259 e. The molecule has 1 atom stereocenters. The lowest BCUT2D eigenvalue weighted by molar-refractivity contribution is 0.0751. The van der Waals surface area contributed by atoms with E-state index in [1.165, 1.54) is 11.1 Å². The third-order valence-electron chi connectivity index (χ3n) is 3.74. The van der Waals surface area contributed by atoms with Crippen molar-refractivity contribution in [1.29, 1.82) is 5.26 Å². The molecule has 5 heteroatoms. The maximum Gasteiger partial charge on any atom is 0.259 e. The Morgan fingerprint density at radius 1 is 1.45 bits per heavy atom. The summed E-state index contributed by atoms with van der Waals surface area (Å²) in [4.78, 5) is 29.7. The second kappa shape index (κ2) is 6.44. The summed E-state index contributed by atoms with van der Waals surface area (Å²) in [5.41, 5.74) is 1.55. The summed E-state index contributed by atoms with van der Waals surface area (Å²) in [6, 6.07) is 7.53. The number of hydrogen-bond donors (Lipinski definition) is 1. The number of pyridine rings is 1. The van der Waals surface area contributed by atoms with Crippen LogP contribution >= 0.6 is 0 Å². The monoisotopic (exact) mass is 297 g/mol. The van der Waals surface area contributed by atoms with Crippen LogP contribution in [-0.2, 0) is 0 Å². The van der Waals surface area contributed by atoms with E-state index in [0.717, 1.165) is 11.1 Å². The largest absolute Gasteiger partial charge is 0.360 e. The van der Waals surface area contributed by atoms with Gasteiger partial charge in [0.1, 0.15) is 5.56 Å². The summed E-state index contributed by atoms with van der Waals surface area (Å²) in [5, 5.41) is 9.41. The lowest BCUT2D eigenvalue weighted by Crippen LogP contribution is -2.37. The van der Waals surface area contributed by atoms with Gasteiger partial charge in [-0.15, -0.1) is 0 Å². The molecule has 0 radical (unpaired) electrons. The van der Waals surface area contributed by atoms with Crippen LogP contribution in [-0.4, -0.2) is 28.9 Å². The Labute approximate surface area is 129 Å². The van der Waals surface area contributed by atoms with Gasteiger partial charge >= 0.3 is 0 Å². The standard InChI is InChI=1S/C17H19N3O2/c1-4-20(10-11(2)8-18)17(22)14-9-19-15-12(3)6-5-7-13(15)16(14)21/h5-7,9,11H,4,10H2,1-3H3,(H,19,21). The van der Waals surface area contributed by atoms with Gasteiger partial charge in [0, 0.05) is 24.7 Å². The second-order valence-corrected chi connectivity index (χ2v) is 5.40. The Hall–Kier alpha value is -2.61. The van der Waals surface area contributed by atoms with Gasteiger partial charge in [0.2, 0.25) is 5.43 Å². The molecule has 0 aliphatic carbocycles. The molecule has 0 aliphatic heterocycles. The SMILES string of the molecule is CCN(CC(C)C#N)C(=O)c1c[nH]c2c(C)cccc2c1=O. The van der Waals surface area contributed by atoms with Crippen molar-refractivity contribution in [2.45, 2.75) is 20.8 Å². The third-order valence-corrected chi connectivity index (χ3v) is 3.74. The first kappa shape index (κ1) is 15.8. The van der Waals surface area contributed by atoms with Crippen LogP contribution in [0, 0.1) is 24.2 Å². The van der Waals surface area contributed by atoms with Crippen LogP contribution in [0.25, 0.3) is 10.9 Å². The Morgan fingerprint density at radius 3 is 2.82 bits per heavy atom. The lowest BCUT2D eigenvalue weighted by atomic mass is 10.1. The molecule has 1 aromatic heterocycles. The van der Waals surface area contributed by atoms with Crippen LogP contribution in [0.15, 0.2) is 29.2 Å². The molecular formula is C17H19N3O2. The average Bonchev–Trinajstić information content (AvgIpc) is 2.53. The van der Waals surface area contributed by atoms with Gasteiger partial charge in [-0.1, -0.05) is 12.1 Å². The number of nitrogens with zero attached hydrogens (tertiary/aromatic N) is 2. The molecule has 0 spiro atoms. The topological polar surface area (TPSA) is 77.0 Å². The number of carbonyl (C=O) groups is 1. The number of nitriles is 1. The molecule has 0 aliphatic rings. The number of fused-ring (bicyclic) bond motifs is 1. The number of amides is 1. The predicted molar refractivity (Wildman–Crippen MR) is 85.7 cm³/mol. The number of aromatic amines is 1. The Morgan fingerprint density at radius 2 is 2.18 bits per heavy atom. The molecule has 0 saturated heterocycles. The van der Waals surface area contributed by atoms with Gasteiger partial charge in [0.25, 0.3) is 5.91 Å². The number of aromatic nitrogens is 1. The van der Waals surface area contributed by atoms with Crippen molar-refractivity contribution in [2.24, 2.45) is 5.92 Å². The molecule has 1 aromatic carbocycles. The van der Waals surface area contributed by atoms with Crippen LogP contribution in [0.5, 0.6) is 0 Å². The van der Waals surface area contributed by atoms with E-state index in [0.29, 0.717) is 18.5 Å². The van der Waals surface area contributed by atoms with Crippen molar-refractivity contribution in [3.8, 4) is 6.07 Å². The molecule has 5 nitrogen and oxygen atoms in total. The number of para-hydroxylation sites is 1. The van der Waals surface area contributed by atoms with Crippen LogP contribution in [0.2, 0.25) is 0 Å². The summed E-state index contributed by atoms with van der Waals surface area (Å²) in [5.74, 6) is -0.611. The van der Waals surface area contributed by atoms with Crippen LogP contribution in [0.4, 0.5) is 0 Å². The van der Waals surface area contributed by atoms with Gasteiger partial charge in [-0.25, -0.2) is 0 Å². The van der Waals surface area contributed by atoms with Crippen LogP contribution in [0.3, 0.4) is 0 Å². The van der Waals surface area contributed by atoms with E-state index in [1.807, 2.05) is 19.9 Å². The third kappa shape index (κ3) is 2.86. The van der Waals surface area contributed by atoms with Gasteiger partial charge in [-0.05, 0) is 32.4 Å². The fourth-order valence-electron chi connectivity index (χ4n) is 2.46. The molecule has 2 aromatic rings. The number of nitrogens with one attached hydrogen (secondary N) is 1. The minimum absolute atomic E-state index is 0.116. The van der Waals surface area contributed by atoms with Gasteiger partial charge < -0.3 is 9.88 Å². The van der Waals surface area contributed by atoms with E-state index in [9.17, 15) is 9.59 Å². The lowest BCUT2D eigenvalue weighted by Gasteiger charge is -2.21. The number of rotatable bonds is 4. The molecule has 1 amide bonds. The summed E-state index contributed by atoms with van der Waals surface area (Å²) in [6.45, 7) is 6.27. The summed E-state index contributed by atoms with van der Waals surface area (Å²) in [6.07, 6.45) is 1.47. The minimum Gasteiger partial charge on any atom is -0.360 e. The summed E-state index contributed by atoms with van der Waals surface area (Å²) >= 11 is 0. The number of carbonyl (C=O) groups excluding carboxylic acids is 1. The first-order valence-electron chi connectivity index (χ1n) is 7.29. The Kier molecular flexibility index (Phi) is 4.62. The van der Waals surface area contributed by atoms with E-state index in [-0.39, 0.29) is 22.8 Å². The number of aryl methyl sites for hydroxylation is 1. The zero-order valence-corrected chi connectivity index (χ0v) is 13.0. The number of H-pyrrole nitrogens is 1. The number of hydrogen-bond acceptors (Lipinski definition) is 3. The molecule has 1 heterocycles. The van der Waals surface area contributed by atoms with Gasteiger partial charge in [-0.3, -0.25) is 9.59 Å². The highest BCUT2D eigenvalue weighted by Gasteiger charge is 2.20. The summed E-state index contributed by atoms with van der Waals surface area (Å²) in [7, 11) is 0. The quantitative estimate of drug-likeness (QED) is 0.941. The van der Waals surface area contributed by atoms with Crippen LogP contribution < -0.4 is 5.43 Å². The van der Waals surface area contributed by atoms with Gasteiger partial charge in [0.15, 0.2) is 0 Å². The first-order valence-corrected chi connectivity index (χ1v) is 7.29. The highest BCUT2D eigenvalue weighted by Crippen LogP contribution is 2.14. The van der Waals surface area contributed by atoms with E-state index in [2.05, 4.69) is 11.1 Å². The Bertz CT molecular complexity index is 802. The zero-order valence-electron chi connectivity index (χ0n) is 13.0. The van der Waals surface area contributed by atoms with Crippen LogP contribution in [0.1, 0.15) is 29.8 Å². The maximum atomic E-state index is 12.6. The minimum atomic E-state index is -0.339. The van der Waals surface area contributed by atoms with Crippen molar-refractivity contribution >= 4 is 16.8 Å². The molecule has 1 unspecified atom stereocenters. The fraction of sp³-hybridized carbons (Fsp3) is 0.353. The highest BCUT2D eigenvalue weighted by atomic mass is 16.2. The molecular weight excluding hydrogens is 278 g/mol. The summed E-state index contributed by atoms with van der Waals surface area (Å²) < 4.78 is 0. The van der Waals surface area contributed by atoms with Gasteiger partial charge in [0.05, 0.1) is 17.5 Å². The Balaban J connectivity index is 2.46. The number of benzene rings is 1. The molecule has 0 fully saturated rings. The van der Waals surface area contributed by atoms with Crippen molar-refractivity contribution in [1.82, 2.24) is 9.88 Å². The molecule has 22 heavy (non-hydrogen) atoms. The normalized spacial score (nSPS) is 11.9. The molecule has 0 bridgehead atoms. The second-order valence-electron chi connectivity index (χ2n) is 5.40. The average molecular weight is 297 g/mol. The maximum absolute atomic E-state index is 12.6. The van der Waals surface area contributed by atoms with Gasteiger partial charge in [-0.2, -0.15) is 5.26 Å². The predicted octanol–water partition coefficient (Wildman–Crippen LogP) is 2.46. The molecule has 1 N–H and O–H groups in total. The highest BCUT2D eigenvalue weighted by molar-refractivity contribution is 5.97. The van der Waals surface area contributed by atoms with E-state index < -0.39 is 0 Å². The molecule has 0 saturated carbocycles. The van der Waals surface area contributed by atoms with E-state index in [4.69, 9.17) is 5.26 Å². The van der Waals surface area contributed by atoms with Crippen molar-refractivity contribution < 1.29 is 4.79 Å². The van der Waals surface area contributed by atoms with Crippen molar-refractivity contribution in [3.05, 3.63) is 45.7 Å². The van der Waals surface area contributed by atoms with E-state index in [1.54, 1.807) is 19.1 Å². The van der Waals surface area contributed by atoms with Crippen molar-refractivity contribution in [3.63, 3.8) is 0 Å². The van der Waals surface area contributed by atoms with E-state index >= 15 is 0 Å². The first-order chi connectivity index (χ1) is 10.5. The zero-order chi connectivity index (χ0) is 16.3. The molecule has 114 valence electrons. The fourth-order valence-corrected chi connectivity index (χ4v) is 2.46.